The van der Waals surface area contributed by atoms with E-state index in [1.165, 1.54) is 29.0 Å². The van der Waals surface area contributed by atoms with Crippen LogP contribution in [0.15, 0.2) is 33.1 Å². The number of hydrogen-bond acceptors (Lipinski definition) is 6. The minimum atomic E-state index is 0.0459. The highest BCUT2D eigenvalue weighted by Gasteiger charge is 2.20. The van der Waals surface area contributed by atoms with E-state index in [0.717, 1.165) is 0 Å². The van der Waals surface area contributed by atoms with Crippen LogP contribution >= 0.6 is 69.8 Å². The van der Waals surface area contributed by atoms with Gasteiger partial charge >= 0.3 is 0 Å². The molecule has 2 heterocycles. The molecule has 142 valence electrons. The second-order valence-corrected chi connectivity index (χ2v) is 7.56. The van der Waals surface area contributed by atoms with Crippen molar-refractivity contribution in [3.63, 3.8) is 0 Å². The summed E-state index contributed by atoms with van der Waals surface area (Å²) in [7, 11) is 0. The van der Waals surface area contributed by atoms with Crippen LogP contribution in [0.25, 0.3) is 0 Å². The van der Waals surface area contributed by atoms with E-state index in [2.05, 4.69) is 15.3 Å². The van der Waals surface area contributed by atoms with Crippen molar-refractivity contribution in [3.8, 4) is 5.75 Å². The molecule has 0 spiro atoms. The molecule has 12 heteroatoms. The van der Waals surface area contributed by atoms with Crippen molar-refractivity contribution in [1.29, 1.82) is 0 Å². The topological polar surface area (TPSA) is 65.4 Å². The first-order valence-electron chi connectivity index (χ1n) is 7.13. The first kappa shape index (κ1) is 20.6. The molecule has 0 saturated carbocycles. The minimum Gasteiger partial charge on any atom is -0.482 e. The van der Waals surface area contributed by atoms with Gasteiger partial charge in [-0.05, 0) is 18.4 Å². The van der Waals surface area contributed by atoms with Crippen molar-refractivity contribution < 1.29 is 9.15 Å². The Bertz CT molecular complexity index is 975. The Kier molecular flexibility index (Phi) is 6.83. The first-order chi connectivity index (χ1) is 12.9. The van der Waals surface area contributed by atoms with E-state index in [1.54, 1.807) is 12.1 Å². The third-order valence-corrected chi connectivity index (χ3v) is 6.08. The average molecular weight is 487 g/mol. The number of furan rings is 1. The van der Waals surface area contributed by atoms with Gasteiger partial charge in [-0.15, -0.1) is 10.2 Å². The molecule has 0 amide bonds. The molecular weight excluding hydrogens is 478 g/mol. The van der Waals surface area contributed by atoms with Crippen LogP contribution in [0.2, 0.25) is 25.1 Å². The van der Waals surface area contributed by atoms with Gasteiger partial charge in [0.25, 0.3) is 0 Å². The van der Waals surface area contributed by atoms with Crippen molar-refractivity contribution in [2.75, 3.05) is 6.26 Å². The average Bonchev–Trinajstić information content (AvgIpc) is 3.31. The standard InChI is InChI=1S/C15H9Cl5N4O2S/c1-27-15-23-21-6-24(15)22-4-7-2-3-8(26-7)5-25-14-12(19)10(17)9(16)11(18)13(14)20/h2-4,6H,5H2,1H3/b22-4+. The van der Waals surface area contributed by atoms with E-state index in [0.29, 0.717) is 16.7 Å². The molecule has 0 aliphatic heterocycles. The summed E-state index contributed by atoms with van der Waals surface area (Å²) in [4.78, 5) is 0. The van der Waals surface area contributed by atoms with Gasteiger partial charge in [0.1, 0.15) is 34.5 Å². The van der Waals surface area contributed by atoms with Crippen LogP contribution < -0.4 is 4.74 Å². The predicted octanol–water partition coefficient (Wildman–Crippen LogP) is 6.32. The van der Waals surface area contributed by atoms with Gasteiger partial charge < -0.3 is 9.15 Å². The smallest absolute Gasteiger partial charge is 0.211 e. The van der Waals surface area contributed by atoms with Crippen LogP contribution in [0.1, 0.15) is 11.5 Å². The van der Waals surface area contributed by atoms with E-state index >= 15 is 0 Å². The minimum absolute atomic E-state index is 0.0459. The van der Waals surface area contributed by atoms with Crippen molar-refractivity contribution >= 4 is 76.0 Å². The third kappa shape index (κ3) is 4.50. The molecule has 2 aromatic heterocycles. The first-order valence-corrected chi connectivity index (χ1v) is 10.2. The summed E-state index contributed by atoms with van der Waals surface area (Å²) in [5.41, 5.74) is 0. The van der Waals surface area contributed by atoms with Crippen LogP contribution in [0.4, 0.5) is 0 Å². The molecule has 0 atom stereocenters. The Morgan fingerprint density at radius 3 is 2.44 bits per heavy atom. The lowest BCUT2D eigenvalue weighted by atomic mass is 10.3. The second-order valence-electron chi connectivity index (χ2n) is 4.90. The highest BCUT2D eigenvalue weighted by molar-refractivity contribution is 7.98. The van der Waals surface area contributed by atoms with Crippen molar-refractivity contribution in [3.05, 3.63) is 55.1 Å². The maximum atomic E-state index is 6.13. The predicted molar refractivity (Wildman–Crippen MR) is 109 cm³/mol. The molecular formula is C15H9Cl5N4O2S. The van der Waals surface area contributed by atoms with E-state index in [4.69, 9.17) is 67.2 Å². The number of nitrogens with zero attached hydrogens (tertiary/aromatic N) is 4. The van der Waals surface area contributed by atoms with Gasteiger partial charge in [0.05, 0.1) is 21.3 Å². The lowest BCUT2D eigenvalue weighted by Gasteiger charge is -2.12. The number of halogens is 5. The lowest BCUT2D eigenvalue weighted by Crippen LogP contribution is -1.96. The van der Waals surface area contributed by atoms with E-state index in [1.807, 2.05) is 6.26 Å². The third-order valence-electron chi connectivity index (χ3n) is 3.20. The second kappa shape index (κ2) is 8.94. The zero-order valence-corrected chi connectivity index (χ0v) is 18.0. The van der Waals surface area contributed by atoms with Crippen LogP contribution in [-0.4, -0.2) is 27.3 Å². The summed E-state index contributed by atoms with van der Waals surface area (Å²) in [5, 5.41) is 12.9. The molecule has 3 aromatic rings. The molecule has 3 rings (SSSR count). The van der Waals surface area contributed by atoms with Gasteiger partial charge in [0.15, 0.2) is 5.75 Å². The maximum absolute atomic E-state index is 6.13. The van der Waals surface area contributed by atoms with Gasteiger partial charge in [-0.1, -0.05) is 69.8 Å². The van der Waals surface area contributed by atoms with Crippen molar-refractivity contribution in [1.82, 2.24) is 14.9 Å². The molecule has 0 aliphatic rings. The Balaban J connectivity index is 1.72. The van der Waals surface area contributed by atoms with Gasteiger partial charge in [-0.2, -0.15) is 9.78 Å². The molecule has 6 nitrogen and oxygen atoms in total. The number of rotatable bonds is 6. The molecule has 1 aromatic carbocycles. The fourth-order valence-corrected chi connectivity index (χ4v) is 3.59. The molecule has 0 saturated heterocycles. The van der Waals surface area contributed by atoms with E-state index in [9.17, 15) is 0 Å². The normalized spacial score (nSPS) is 11.5. The van der Waals surface area contributed by atoms with Gasteiger partial charge in [0.2, 0.25) is 5.16 Å². The molecule has 27 heavy (non-hydrogen) atoms. The Hall–Kier alpha value is -1.09. The molecule has 0 unspecified atom stereocenters. The van der Waals surface area contributed by atoms with Gasteiger partial charge in [0, 0.05) is 0 Å². The highest BCUT2D eigenvalue weighted by Crippen LogP contribution is 2.48. The number of aromatic nitrogens is 3. The lowest BCUT2D eigenvalue weighted by molar-refractivity contribution is 0.270. The summed E-state index contributed by atoms with van der Waals surface area (Å²) in [6.45, 7) is 0.0459. The maximum Gasteiger partial charge on any atom is 0.211 e. The van der Waals surface area contributed by atoms with E-state index in [-0.39, 0.29) is 37.5 Å². The summed E-state index contributed by atoms with van der Waals surface area (Å²) in [5.74, 6) is 1.15. The number of benzene rings is 1. The quantitative estimate of drug-likeness (QED) is 0.177. The molecule has 0 fully saturated rings. The largest absolute Gasteiger partial charge is 0.482 e. The zero-order valence-electron chi connectivity index (χ0n) is 13.4. The van der Waals surface area contributed by atoms with Crippen LogP contribution in [-0.2, 0) is 6.61 Å². The van der Waals surface area contributed by atoms with Crippen LogP contribution in [0, 0.1) is 0 Å². The summed E-state index contributed by atoms with van der Waals surface area (Å²) in [6.07, 6.45) is 4.90. The van der Waals surface area contributed by atoms with Gasteiger partial charge in [-0.3, -0.25) is 0 Å². The highest BCUT2D eigenvalue weighted by atomic mass is 35.5. The van der Waals surface area contributed by atoms with Gasteiger partial charge in [-0.25, -0.2) is 0 Å². The number of ether oxygens (including phenoxy) is 1. The Morgan fingerprint density at radius 2 is 1.78 bits per heavy atom. The molecule has 0 N–H and O–H groups in total. The SMILES string of the molecule is CSc1nncn1/N=C/c1ccc(COc2c(Cl)c(Cl)c(Cl)c(Cl)c2Cl)o1. The fourth-order valence-electron chi connectivity index (χ4n) is 1.95. The summed E-state index contributed by atoms with van der Waals surface area (Å²) < 4.78 is 12.8. The van der Waals surface area contributed by atoms with Crippen LogP contribution in [0.3, 0.4) is 0 Å². The van der Waals surface area contributed by atoms with E-state index < -0.39 is 0 Å². The molecule has 0 bridgehead atoms. The number of thioether (sulfide) groups is 1. The molecule has 0 radical (unpaired) electrons. The van der Waals surface area contributed by atoms with Crippen molar-refractivity contribution in [2.24, 2.45) is 5.10 Å². The Morgan fingerprint density at radius 1 is 1.11 bits per heavy atom. The Labute approximate surface area is 183 Å². The summed E-state index contributed by atoms with van der Waals surface area (Å²) in [6, 6.07) is 3.46. The number of hydrogen-bond donors (Lipinski definition) is 0. The fraction of sp³-hybridized carbons (Fsp3) is 0.133. The zero-order chi connectivity index (χ0) is 19.6. The van der Waals surface area contributed by atoms with Crippen LogP contribution in [0.5, 0.6) is 5.75 Å². The van der Waals surface area contributed by atoms with Crippen molar-refractivity contribution in [2.45, 2.75) is 11.8 Å². The monoisotopic (exact) mass is 484 g/mol. The molecule has 0 aliphatic carbocycles. The summed E-state index contributed by atoms with van der Waals surface area (Å²) >= 11 is 31.7.